The molecule has 1 amide bonds. The van der Waals surface area contributed by atoms with Gasteiger partial charge in [0, 0.05) is 13.2 Å². The molecule has 2 N–H and O–H groups in total. The molecule has 0 radical (unpaired) electrons. The molecule has 1 aromatic rings. The van der Waals surface area contributed by atoms with Crippen molar-refractivity contribution >= 4 is 15.9 Å². The van der Waals surface area contributed by atoms with Crippen molar-refractivity contribution in [2.45, 2.75) is 37.8 Å². The molecule has 0 saturated heterocycles. The highest BCUT2D eigenvalue weighted by molar-refractivity contribution is 7.89. The third-order valence-electron chi connectivity index (χ3n) is 2.98. The second-order valence-electron chi connectivity index (χ2n) is 5.11. The van der Waals surface area contributed by atoms with Gasteiger partial charge in [0.1, 0.15) is 5.75 Å². The predicted octanol–water partition coefficient (Wildman–Crippen LogP) is 0.903. The first-order chi connectivity index (χ1) is 10.8. The van der Waals surface area contributed by atoms with E-state index in [1.165, 1.54) is 26.2 Å². The molecule has 23 heavy (non-hydrogen) atoms. The van der Waals surface area contributed by atoms with Crippen molar-refractivity contribution in [3.05, 3.63) is 24.3 Å². The van der Waals surface area contributed by atoms with Gasteiger partial charge in [0.15, 0.2) is 0 Å². The highest BCUT2D eigenvalue weighted by atomic mass is 32.2. The Kier molecular flexibility index (Phi) is 7.47. The molecule has 0 aliphatic rings. The van der Waals surface area contributed by atoms with Crippen LogP contribution in [0, 0.1) is 0 Å². The highest BCUT2D eigenvalue weighted by Crippen LogP contribution is 2.16. The Morgan fingerprint density at radius 2 is 1.83 bits per heavy atom. The number of carbonyl (C=O) groups excluding carboxylic acids is 1. The van der Waals surface area contributed by atoms with Gasteiger partial charge in [-0.1, -0.05) is 0 Å². The van der Waals surface area contributed by atoms with E-state index in [-0.39, 0.29) is 10.9 Å². The zero-order valence-corrected chi connectivity index (χ0v) is 14.6. The molecule has 0 bridgehead atoms. The first-order valence-corrected chi connectivity index (χ1v) is 8.83. The molecule has 0 aromatic heterocycles. The lowest BCUT2D eigenvalue weighted by molar-refractivity contribution is -0.123. The molecule has 0 spiro atoms. The smallest absolute Gasteiger partial charge is 0.241 e. The summed E-state index contributed by atoms with van der Waals surface area (Å²) < 4.78 is 37.1. The summed E-state index contributed by atoms with van der Waals surface area (Å²) in [5, 5.41) is 2.67. The summed E-state index contributed by atoms with van der Waals surface area (Å²) in [5.74, 6) is 0.176. The molecule has 8 heteroatoms. The van der Waals surface area contributed by atoms with E-state index in [1.807, 2.05) is 6.92 Å². The normalized spacial score (nSPS) is 14.1. The summed E-state index contributed by atoms with van der Waals surface area (Å²) in [6.07, 6.45) is 0. The van der Waals surface area contributed by atoms with Gasteiger partial charge in [-0.25, -0.2) is 8.42 Å². The average molecular weight is 344 g/mol. The third-order valence-corrected chi connectivity index (χ3v) is 4.53. The molecule has 130 valence electrons. The molecule has 0 heterocycles. The van der Waals surface area contributed by atoms with Gasteiger partial charge in [-0.3, -0.25) is 4.79 Å². The van der Waals surface area contributed by atoms with Crippen LogP contribution >= 0.6 is 0 Å². The molecular formula is C15H24N2O5S. The average Bonchev–Trinajstić information content (AvgIpc) is 2.47. The predicted molar refractivity (Wildman–Crippen MR) is 86.9 cm³/mol. The fraction of sp³-hybridized carbons (Fsp3) is 0.533. The van der Waals surface area contributed by atoms with Crippen molar-refractivity contribution < 1.29 is 22.7 Å². The molecule has 0 aliphatic carbocycles. The van der Waals surface area contributed by atoms with Crippen LogP contribution in [0.3, 0.4) is 0 Å². The molecule has 0 aliphatic heterocycles. The summed E-state index contributed by atoms with van der Waals surface area (Å²) in [6.45, 7) is 5.96. The van der Waals surface area contributed by atoms with Gasteiger partial charge in [0.25, 0.3) is 0 Å². The number of sulfonamides is 1. The fourth-order valence-corrected chi connectivity index (χ4v) is 3.10. The van der Waals surface area contributed by atoms with Gasteiger partial charge in [0.05, 0.1) is 24.2 Å². The number of rotatable bonds is 9. The minimum Gasteiger partial charge on any atom is -0.494 e. The van der Waals surface area contributed by atoms with Crippen LogP contribution in [0.4, 0.5) is 0 Å². The van der Waals surface area contributed by atoms with Gasteiger partial charge >= 0.3 is 0 Å². The lowest BCUT2D eigenvalue weighted by atomic mass is 10.3. The quantitative estimate of drug-likeness (QED) is 0.694. The Balaban J connectivity index is 2.71. The lowest BCUT2D eigenvalue weighted by Gasteiger charge is -2.18. The molecule has 1 rings (SSSR count). The minimum absolute atomic E-state index is 0.0746. The zero-order chi connectivity index (χ0) is 17.5. The summed E-state index contributed by atoms with van der Waals surface area (Å²) in [6, 6.07) is 4.92. The fourth-order valence-electron chi connectivity index (χ4n) is 1.90. The number of hydrogen-bond acceptors (Lipinski definition) is 5. The Hall–Kier alpha value is -1.64. The van der Waals surface area contributed by atoms with Crippen molar-refractivity contribution in [3.8, 4) is 5.75 Å². The molecular weight excluding hydrogens is 320 g/mol. The van der Waals surface area contributed by atoms with Crippen LogP contribution in [-0.2, 0) is 19.6 Å². The van der Waals surface area contributed by atoms with Crippen LogP contribution in [-0.4, -0.2) is 46.7 Å². The number of benzene rings is 1. The van der Waals surface area contributed by atoms with E-state index >= 15 is 0 Å². The molecule has 0 fully saturated rings. The summed E-state index contributed by atoms with van der Waals surface area (Å²) in [7, 11) is -2.25. The number of methoxy groups -OCH3 is 1. The van der Waals surface area contributed by atoms with Crippen LogP contribution < -0.4 is 14.8 Å². The van der Waals surface area contributed by atoms with E-state index in [9.17, 15) is 13.2 Å². The first-order valence-electron chi connectivity index (χ1n) is 7.34. The van der Waals surface area contributed by atoms with Crippen molar-refractivity contribution in [1.29, 1.82) is 0 Å². The highest BCUT2D eigenvalue weighted by Gasteiger charge is 2.22. The van der Waals surface area contributed by atoms with E-state index in [0.29, 0.717) is 19.0 Å². The van der Waals surface area contributed by atoms with Crippen LogP contribution in [0.15, 0.2) is 29.2 Å². The SMILES string of the molecule is CCOc1ccc(S(=O)(=O)N[C@H](C)C(=O)N[C@H](C)COC)cc1. The van der Waals surface area contributed by atoms with Gasteiger partial charge in [0.2, 0.25) is 15.9 Å². The van der Waals surface area contributed by atoms with Crippen molar-refractivity contribution in [1.82, 2.24) is 10.0 Å². The van der Waals surface area contributed by atoms with E-state index in [1.54, 1.807) is 19.1 Å². The van der Waals surface area contributed by atoms with E-state index in [0.717, 1.165) is 0 Å². The van der Waals surface area contributed by atoms with Crippen LogP contribution in [0.25, 0.3) is 0 Å². The van der Waals surface area contributed by atoms with Gasteiger partial charge in [-0.2, -0.15) is 4.72 Å². The maximum Gasteiger partial charge on any atom is 0.241 e. The topological polar surface area (TPSA) is 93.7 Å². The number of carbonyl (C=O) groups is 1. The molecule has 0 saturated carbocycles. The summed E-state index contributed by atoms with van der Waals surface area (Å²) >= 11 is 0. The Morgan fingerprint density at radius 3 is 2.35 bits per heavy atom. The van der Waals surface area contributed by atoms with Crippen molar-refractivity contribution in [2.24, 2.45) is 0 Å². The lowest BCUT2D eigenvalue weighted by Crippen LogP contribution is -2.48. The maximum atomic E-state index is 12.3. The Labute approximate surface area is 137 Å². The number of nitrogens with one attached hydrogen (secondary N) is 2. The van der Waals surface area contributed by atoms with Crippen molar-refractivity contribution in [2.75, 3.05) is 20.3 Å². The standard InChI is InChI=1S/C15H24N2O5S/c1-5-22-13-6-8-14(9-7-13)23(19,20)17-12(3)15(18)16-11(2)10-21-4/h6-9,11-12,17H,5,10H2,1-4H3,(H,16,18)/t11-,12-/m1/s1. The minimum atomic E-state index is -3.78. The molecule has 0 unspecified atom stereocenters. The third kappa shape index (κ3) is 6.17. The number of hydrogen-bond donors (Lipinski definition) is 2. The van der Waals surface area contributed by atoms with E-state index in [4.69, 9.17) is 9.47 Å². The molecule has 1 aromatic carbocycles. The number of ether oxygens (including phenoxy) is 2. The van der Waals surface area contributed by atoms with Crippen LogP contribution in [0.5, 0.6) is 5.75 Å². The summed E-state index contributed by atoms with van der Waals surface area (Å²) in [4.78, 5) is 12.0. The number of amides is 1. The van der Waals surface area contributed by atoms with Crippen LogP contribution in [0.2, 0.25) is 0 Å². The molecule has 7 nitrogen and oxygen atoms in total. The Morgan fingerprint density at radius 1 is 1.22 bits per heavy atom. The maximum absolute atomic E-state index is 12.3. The monoisotopic (exact) mass is 344 g/mol. The van der Waals surface area contributed by atoms with E-state index in [2.05, 4.69) is 10.0 Å². The summed E-state index contributed by atoms with van der Waals surface area (Å²) in [5.41, 5.74) is 0. The first kappa shape index (κ1) is 19.4. The van der Waals surface area contributed by atoms with Gasteiger partial charge in [-0.15, -0.1) is 0 Å². The molecule has 2 atom stereocenters. The largest absolute Gasteiger partial charge is 0.494 e. The van der Waals surface area contributed by atoms with Gasteiger partial charge in [-0.05, 0) is 45.0 Å². The second-order valence-corrected chi connectivity index (χ2v) is 6.83. The van der Waals surface area contributed by atoms with Crippen LogP contribution in [0.1, 0.15) is 20.8 Å². The second kappa shape index (κ2) is 8.85. The zero-order valence-electron chi connectivity index (χ0n) is 13.8. The van der Waals surface area contributed by atoms with Gasteiger partial charge < -0.3 is 14.8 Å². The van der Waals surface area contributed by atoms with E-state index < -0.39 is 22.0 Å². The van der Waals surface area contributed by atoms with Crippen molar-refractivity contribution in [3.63, 3.8) is 0 Å². The Bertz CT molecular complexity index is 601.